The van der Waals surface area contributed by atoms with E-state index in [1.165, 1.54) is 18.2 Å². The molecule has 0 aliphatic rings. The Bertz CT molecular complexity index is 721. The van der Waals surface area contributed by atoms with Gasteiger partial charge < -0.3 is 5.32 Å². The first kappa shape index (κ1) is 17.9. The van der Waals surface area contributed by atoms with Crippen LogP contribution in [0.4, 0.5) is 10.1 Å². The Morgan fingerprint density at radius 1 is 0.958 bits per heavy atom. The van der Waals surface area contributed by atoms with E-state index in [0.717, 1.165) is 16.8 Å². The Morgan fingerprint density at radius 3 is 2.08 bits per heavy atom. The zero-order valence-corrected chi connectivity index (χ0v) is 14.6. The minimum atomic E-state index is -0.341. The van der Waals surface area contributed by atoms with Crippen molar-refractivity contribution in [1.29, 1.82) is 0 Å². The summed E-state index contributed by atoms with van der Waals surface area (Å²) >= 11 is 0. The van der Waals surface area contributed by atoms with Crippen molar-refractivity contribution in [2.75, 3.05) is 5.32 Å². The fraction of sp³-hybridized carbons (Fsp3) is 0.286. The van der Waals surface area contributed by atoms with E-state index in [4.69, 9.17) is 0 Å². The molecule has 1 amide bonds. The summed E-state index contributed by atoms with van der Waals surface area (Å²) in [6, 6.07) is 12.5. The third-order valence-electron chi connectivity index (χ3n) is 3.94. The van der Waals surface area contributed by atoms with Gasteiger partial charge in [0.25, 0.3) is 0 Å². The van der Waals surface area contributed by atoms with E-state index in [9.17, 15) is 9.18 Å². The molecule has 2 aromatic carbocycles. The van der Waals surface area contributed by atoms with Crippen LogP contribution in [0.1, 0.15) is 56.2 Å². The highest BCUT2D eigenvalue weighted by molar-refractivity contribution is 6.03. The molecule has 0 heterocycles. The normalized spacial score (nSPS) is 11.5. The van der Waals surface area contributed by atoms with Crippen molar-refractivity contribution in [2.45, 2.75) is 39.5 Å². The van der Waals surface area contributed by atoms with E-state index < -0.39 is 0 Å². The van der Waals surface area contributed by atoms with Crippen LogP contribution in [0.15, 0.2) is 48.5 Å². The minimum Gasteiger partial charge on any atom is -0.322 e. The number of hydrogen-bond donors (Lipinski definition) is 1. The van der Waals surface area contributed by atoms with Gasteiger partial charge in [-0.15, -0.1) is 0 Å². The summed E-state index contributed by atoms with van der Waals surface area (Å²) in [4.78, 5) is 12.3. The maximum Gasteiger partial charge on any atom is 0.248 e. The molecule has 3 heteroatoms. The molecule has 0 fully saturated rings. The average Bonchev–Trinajstić information content (AvgIpc) is 2.53. The number of hydrogen-bond acceptors (Lipinski definition) is 1. The third-order valence-corrected chi connectivity index (χ3v) is 3.94. The highest BCUT2D eigenvalue weighted by Crippen LogP contribution is 2.32. The van der Waals surface area contributed by atoms with Crippen LogP contribution >= 0.6 is 0 Å². The van der Waals surface area contributed by atoms with Gasteiger partial charge in [0.1, 0.15) is 5.82 Å². The van der Waals surface area contributed by atoms with Gasteiger partial charge in [0.2, 0.25) is 5.91 Å². The predicted octanol–water partition coefficient (Wildman–Crippen LogP) is 5.72. The Morgan fingerprint density at radius 2 is 1.54 bits per heavy atom. The number of carbonyl (C=O) groups excluding carboxylic acids is 1. The van der Waals surface area contributed by atoms with Gasteiger partial charge in [0, 0.05) is 17.3 Å². The first-order chi connectivity index (χ1) is 11.4. The lowest BCUT2D eigenvalue weighted by Gasteiger charge is -2.19. The quantitative estimate of drug-likeness (QED) is 0.699. The first-order valence-electron chi connectivity index (χ1n) is 8.26. The van der Waals surface area contributed by atoms with Crippen molar-refractivity contribution in [3.05, 3.63) is 71.0 Å². The van der Waals surface area contributed by atoms with Crippen LogP contribution < -0.4 is 5.32 Å². The van der Waals surface area contributed by atoms with E-state index >= 15 is 0 Å². The fourth-order valence-electron chi connectivity index (χ4n) is 2.64. The van der Waals surface area contributed by atoms with Crippen molar-refractivity contribution in [2.24, 2.45) is 0 Å². The maximum absolute atomic E-state index is 13.6. The van der Waals surface area contributed by atoms with Crippen molar-refractivity contribution in [3.63, 3.8) is 0 Å². The Kier molecular flexibility index (Phi) is 5.91. The minimum absolute atomic E-state index is 0.256. The van der Waals surface area contributed by atoms with Crippen LogP contribution in [-0.2, 0) is 4.79 Å². The molecule has 2 aromatic rings. The zero-order valence-electron chi connectivity index (χ0n) is 14.6. The molecule has 1 N–H and O–H groups in total. The van der Waals surface area contributed by atoms with Crippen LogP contribution in [0.25, 0.3) is 6.08 Å². The summed E-state index contributed by atoms with van der Waals surface area (Å²) in [5.41, 5.74) is 3.47. The molecule has 126 valence electrons. The van der Waals surface area contributed by atoms with Crippen LogP contribution in [0.5, 0.6) is 0 Å². The summed E-state index contributed by atoms with van der Waals surface area (Å²) in [5.74, 6) is 0.00403. The predicted molar refractivity (Wildman–Crippen MR) is 98.7 cm³/mol. The first-order valence-corrected chi connectivity index (χ1v) is 8.26. The van der Waals surface area contributed by atoms with Crippen molar-refractivity contribution >= 4 is 17.7 Å². The molecule has 0 radical (unpaired) electrons. The van der Waals surface area contributed by atoms with Crippen LogP contribution in [0, 0.1) is 5.82 Å². The fourth-order valence-corrected chi connectivity index (χ4v) is 2.64. The van der Waals surface area contributed by atoms with Gasteiger partial charge in [-0.1, -0.05) is 64.1 Å². The smallest absolute Gasteiger partial charge is 0.248 e. The van der Waals surface area contributed by atoms with E-state index in [-0.39, 0.29) is 11.7 Å². The number of rotatable bonds is 5. The standard InChI is InChI=1S/C21H24FNO/c1-14(2)17-9-7-10-18(15(3)4)21(17)23-20(24)13-12-16-8-5-6-11-19(16)22/h5-15H,1-4H3,(H,23,24)/b13-12+. The van der Waals surface area contributed by atoms with Crippen LogP contribution in [0.2, 0.25) is 0 Å². The molecule has 0 atom stereocenters. The number of amides is 1. The van der Waals surface area contributed by atoms with Gasteiger partial charge in [0.15, 0.2) is 0 Å². The van der Waals surface area contributed by atoms with Gasteiger partial charge in [-0.3, -0.25) is 4.79 Å². The number of nitrogens with one attached hydrogen (secondary N) is 1. The van der Waals surface area contributed by atoms with Crippen LogP contribution in [0.3, 0.4) is 0 Å². The number of para-hydroxylation sites is 1. The van der Waals surface area contributed by atoms with Gasteiger partial charge in [-0.05, 0) is 35.1 Å². The SMILES string of the molecule is CC(C)c1cccc(C(C)C)c1NC(=O)/C=C/c1ccccc1F. The molecular weight excluding hydrogens is 301 g/mol. The Balaban J connectivity index is 2.27. The molecule has 2 rings (SSSR count). The summed E-state index contributed by atoms with van der Waals surface area (Å²) in [6.45, 7) is 8.41. The molecule has 0 saturated heterocycles. The molecule has 0 saturated carbocycles. The van der Waals surface area contributed by atoms with E-state index in [1.807, 2.05) is 18.2 Å². The monoisotopic (exact) mass is 325 g/mol. The molecule has 24 heavy (non-hydrogen) atoms. The Labute approximate surface area is 143 Å². The summed E-state index contributed by atoms with van der Waals surface area (Å²) in [7, 11) is 0. The molecule has 0 unspecified atom stereocenters. The lowest BCUT2D eigenvalue weighted by Crippen LogP contribution is -2.13. The molecular formula is C21H24FNO. The van der Waals surface area contributed by atoms with Crippen molar-refractivity contribution in [1.82, 2.24) is 0 Å². The number of carbonyl (C=O) groups is 1. The van der Waals surface area contributed by atoms with Crippen molar-refractivity contribution < 1.29 is 9.18 Å². The summed E-state index contributed by atoms with van der Waals surface area (Å²) < 4.78 is 13.6. The van der Waals surface area contributed by atoms with E-state index in [1.54, 1.807) is 18.2 Å². The van der Waals surface area contributed by atoms with Gasteiger partial charge in [0.05, 0.1) is 0 Å². The summed E-state index contributed by atoms with van der Waals surface area (Å²) in [6.07, 6.45) is 2.87. The van der Waals surface area contributed by atoms with E-state index in [2.05, 4.69) is 33.0 Å². The van der Waals surface area contributed by atoms with E-state index in [0.29, 0.717) is 17.4 Å². The van der Waals surface area contributed by atoms with Gasteiger partial charge in [-0.2, -0.15) is 0 Å². The number of benzene rings is 2. The second-order valence-electron chi connectivity index (χ2n) is 6.46. The molecule has 0 aliphatic heterocycles. The van der Waals surface area contributed by atoms with Gasteiger partial charge >= 0.3 is 0 Å². The lowest BCUT2D eigenvalue weighted by atomic mass is 9.92. The zero-order chi connectivity index (χ0) is 17.7. The second-order valence-corrected chi connectivity index (χ2v) is 6.46. The number of anilines is 1. The molecule has 0 bridgehead atoms. The maximum atomic E-state index is 13.6. The molecule has 0 aliphatic carbocycles. The number of halogens is 1. The van der Waals surface area contributed by atoms with Crippen molar-refractivity contribution in [3.8, 4) is 0 Å². The second kappa shape index (κ2) is 7.91. The van der Waals surface area contributed by atoms with Crippen LogP contribution in [-0.4, -0.2) is 5.91 Å². The molecule has 0 spiro atoms. The highest BCUT2D eigenvalue weighted by atomic mass is 19.1. The topological polar surface area (TPSA) is 29.1 Å². The largest absolute Gasteiger partial charge is 0.322 e. The third kappa shape index (κ3) is 4.31. The Hall–Kier alpha value is -2.42. The molecule has 0 aromatic heterocycles. The lowest BCUT2D eigenvalue weighted by molar-refractivity contribution is -0.111. The van der Waals surface area contributed by atoms with Gasteiger partial charge in [-0.25, -0.2) is 4.39 Å². The molecule has 2 nitrogen and oxygen atoms in total. The summed E-state index contributed by atoms with van der Waals surface area (Å²) in [5, 5.41) is 2.98. The average molecular weight is 325 g/mol. The highest BCUT2D eigenvalue weighted by Gasteiger charge is 2.14.